The van der Waals surface area contributed by atoms with Gasteiger partial charge in [-0.3, -0.25) is 0 Å². The second-order valence-corrected chi connectivity index (χ2v) is 9.79. The maximum Gasteiger partial charge on any atom is 0.156 e. The SMILES string of the molecule is OCCOc1c(Cl)cc(C(c2ccccc2)(c2ccccc2)c2cc(Cl)c(OCCO)c(Cl)c2)cc1Cl. The molecule has 0 aliphatic rings. The van der Waals surface area contributed by atoms with E-state index in [1.165, 1.54) is 0 Å². The Balaban J connectivity index is 2.08. The summed E-state index contributed by atoms with van der Waals surface area (Å²) < 4.78 is 11.2. The van der Waals surface area contributed by atoms with Crippen molar-refractivity contribution in [1.29, 1.82) is 0 Å². The number of aliphatic hydroxyl groups is 2. The van der Waals surface area contributed by atoms with Gasteiger partial charge in [-0.05, 0) is 46.5 Å². The first-order valence-electron chi connectivity index (χ1n) is 11.5. The summed E-state index contributed by atoms with van der Waals surface area (Å²) >= 11 is 26.8. The van der Waals surface area contributed by atoms with E-state index in [4.69, 9.17) is 55.9 Å². The summed E-state index contributed by atoms with van der Waals surface area (Å²) in [5.74, 6) is 0.583. The molecular weight excluding hydrogens is 554 g/mol. The molecule has 4 rings (SSSR count). The maximum absolute atomic E-state index is 9.21. The zero-order chi connectivity index (χ0) is 26.4. The lowest BCUT2D eigenvalue weighted by atomic mass is 9.65. The molecule has 192 valence electrons. The van der Waals surface area contributed by atoms with Gasteiger partial charge >= 0.3 is 0 Å². The van der Waals surface area contributed by atoms with Crippen molar-refractivity contribution in [3.05, 3.63) is 127 Å². The lowest BCUT2D eigenvalue weighted by Gasteiger charge is -2.37. The van der Waals surface area contributed by atoms with Gasteiger partial charge in [0.25, 0.3) is 0 Å². The molecule has 8 heteroatoms. The third-order valence-corrected chi connectivity index (χ3v) is 7.07. The highest BCUT2D eigenvalue weighted by molar-refractivity contribution is 6.38. The molecule has 0 atom stereocenters. The van der Waals surface area contributed by atoms with Crippen LogP contribution in [0.3, 0.4) is 0 Å². The van der Waals surface area contributed by atoms with Gasteiger partial charge in [-0.15, -0.1) is 0 Å². The predicted molar refractivity (Wildman–Crippen MR) is 150 cm³/mol. The Kier molecular flexibility index (Phi) is 9.25. The molecular formula is C29H24Cl4O4. The minimum absolute atomic E-state index is 0.0574. The van der Waals surface area contributed by atoms with Gasteiger partial charge in [0.2, 0.25) is 0 Å². The van der Waals surface area contributed by atoms with Gasteiger partial charge in [0, 0.05) is 0 Å². The molecule has 0 amide bonds. The Hall–Kier alpha value is -2.44. The molecule has 0 bridgehead atoms. The van der Waals surface area contributed by atoms with Crippen LogP contribution in [0.15, 0.2) is 84.9 Å². The minimum atomic E-state index is -0.936. The molecule has 0 saturated carbocycles. The van der Waals surface area contributed by atoms with Crippen LogP contribution in [0.25, 0.3) is 0 Å². The van der Waals surface area contributed by atoms with Crippen LogP contribution in [0.4, 0.5) is 0 Å². The van der Waals surface area contributed by atoms with Gasteiger partial charge in [0.15, 0.2) is 11.5 Å². The maximum atomic E-state index is 9.21. The van der Waals surface area contributed by atoms with Crippen LogP contribution >= 0.6 is 46.4 Å². The quantitative estimate of drug-likeness (QED) is 0.192. The molecule has 37 heavy (non-hydrogen) atoms. The summed E-state index contributed by atoms with van der Waals surface area (Å²) in [6, 6.07) is 27.0. The minimum Gasteiger partial charge on any atom is -0.488 e. The normalized spacial score (nSPS) is 11.4. The largest absolute Gasteiger partial charge is 0.488 e. The molecule has 0 unspecified atom stereocenters. The predicted octanol–water partition coefficient (Wildman–Crippen LogP) is 7.43. The van der Waals surface area contributed by atoms with E-state index in [1.54, 1.807) is 24.3 Å². The average molecular weight is 578 g/mol. The molecule has 0 aliphatic heterocycles. The van der Waals surface area contributed by atoms with Crippen LogP contribution in [-0.2, 0) is 5.41 Å². The van der Waals surface area contributed by atoms with Crippen LogP contribution in [0.2, 0.25) is 20.1 Å². The van der Waals surface area contributed by atoms with Crippen LogP contribution in [0.1, 0.15) is 22.3 Å². The van der Waals surface area contributed by atoms with Gasteiger partial charge in [-0.1, -0.05) is 107 Å². The van der Waals surface area contributed by atoms with Crippen molar-refractivity contribution in [2.45, 2.75) is 5.41 Å². The van der Waals surface area contributed by atoms with E-state index in [1.807, 2.05) is 60.7 Å². The van der Waals surface area contributed by atoms with Crippen molar-refractivity contribution in [2.75, 3.05) is 26.4 Å². The fourth-order valence-corrected chi connectivity index (χ4v) is 5.69. The molecule has 4 aromatic rings. The number of rotatable bonds is 10. The summed E-state index contributed by atoms with van der Waals surface area (Å²) in [5, 5.41) is 19.6. The molecule has 0 saturated heterocycles. The first-order chi connectivity index (χ1) is 17.9. The van der Waals surface area contributed by atoms with Crippen LogP contribution < -0.4 is 9.47 Å². The smallest absolute Gasteiger partial charge is 0.156 e. The van der Waals surface area contributed by atoms with Crippen molar-refractivity contribution < 1.29 is 19.7 Å². The highest BCUT2D eigenvalue weighted by Crippen LogP contribution is 2.50. The lowest BCUT2D eigenvalue weighted by molar-refractivity contribution is 0.201. The van der Waals surface area contributed by atoms with Crippen molar-refractivity contribution in [2.24, 2.45) is 0 Å². The molecule has 0 aliphatic carbocycles. The van der Waals surface area contributed by atoms with Crippen molar-refractivity contribution in [3.63, 3.8) is 0 Å². The molecule has 2 N–H and O–H groups in total. The Labute approximate surface area is 235 Å². The first-order valence-corrected chi connectivity index (χ1v) is 13.0. The van der Waals surface area contributed by atoms with Gasteiger partial charge < -0.3 is 19.7 Å². The Morgan fingerprint density at radius 3 is 1.14 bits per heavy atom. The highest BCUT2D eigenvalue weighted by atomic mass is 35.5. The van der Waals surface area contributed by atoms with Crippen molar-refractivity contribution >= 4 is 46.4 Å². The molecule has 4 nitrogen and oxygen atoms in total. The molecule has 0 radical (unpaired) electrons. The van der Waals surface area contributed by atoms with Crippen molar-refractivity contribution in [3.8, 4) is 11.5 Å². The van der Waals surface area contributed by atoms with E-state index in [2.05, 4.69) is 0 Å². The summed E-state index contributed by atoms with van der Waals surface area (Å²) in [7, 11) is 0. The second kappa shape index (κ2) is 12.4. The zero-order valence-electron chi connectivity index (χ0n) is 19.6. The van der Waals surface area contributed by atoms with E-state index in [0.29, 0.717) is 31.6 Å². The van der Waals surface area contributed by atoms with Gasteiger partial charge in [-0.25, -0.2) is 0 Å². The van der Waals surface area contributed by atoms with Gasteiger partial charge in [-0.2, -0.15) is 0 Å². The molecule has 0 heterocycles. The van der Waals surface area contributed by atoms with Crippen LogP contribution in [0.5, 0.6) is 11.5 Å². The number of hydrogen-bond acceptors (Lipinski definition) is 4. The van der Waals surface area contributed by atoms with Gasteiger partial charge in [0.05, 0.1) is 38.7 Å². The van der Waals surface area contributed by atoms with E-state index < -0.39 is 5.41 Å². The number of hydrogen-bond donors (Lipinski definition) is 2. The summed E-state index contributed by atoms with van der Waals surface area (Å²) in [4.78, 5) is 0. The molecule has 0 fully saturated rings. The average Bonchev–Trinajstić information content (AvgIpc) is 2.90. The summed E-state index contributed by atoms with van der Waals surface area (Å²) in [6.07, 6.45) is 0. The number of aliphatic hydroxyl groups excluding tert-OH is 2. The Morgan fingerprint density at radius 2 is 0.838 bits per heavy atom. The monoisotopic (exact) mass is 576 g/mol. The van der Waals surface area contributed by atoms with Crippen LogP contribution in [0, 0.1) is 0 Å². The third kappa shape index (κ3) is 5.56. The first kappa shape index (κ1) is 27.6. The third-order valence-electron chi connectivity index (χ3n) is 5.95. The van der Waals surface area contributed by atoms with E-state index >= 15 is 0 Å². The summed E-state index contributed by atoms with van der Waals surface area (Å²) in [6.45, 7) is -0.230. The fraction of sp³-hybridized carbons (Fsp3) is 0.172. The van der Waals surface area contributed by atoms with E-state index in [9.17, 15) is 10.2 Å². The second-order valence-electron chi connectivity index (χ2n) is 8.16. The van der Waals surface area contributed by atoms with E-state index in [-0.39, 0.29) is 26.4 Å². The topological polar surface area (TPSA) is 58.9 Å². The summed E-state index contributed by atoms with van der Waals surface area (Å²) in [5.41, 5.74) is 2.43. The highest BCUT2D eigenvalue weighted by Gasteiger charge is 2.40. The van der Waals surface area contributed by atoms with Crippen molar-refractivity contribution in [1.82, 2.24) is 0 Å². The number of halogens is 4. The van der Waals surface area contributed by atoms with E-state index in [0.717, 1.165) is 22.3 Å². The zero-order valence-corrected chi connectivity index (χ0v) is 22.7. The Bertz CT molecular complexity index is 1200. The molecule has 0 aromatic heterocycles. The fourth-order valence-electron chi connectivity index (χ4n) is 4.50. The standard InChI is InChI=1S/C29H24Cl4O4/c30-23-15-21(16-24(31)27(23)36-13-11-34)29(19-7-3-1-4-8-19,20-9-5-2-6-10-20)22-17-25(32)28(26(33)18-22)37-14-12-35/h1-10,15-18,34-35H,11-14H2. The molecule has 0 spiro atoms. The van der Waals surface area contributed by atoms with Gasteiger partial charge in [0.1, 0.15) is 13.2 Å². The lowest BCUT2D eigenvalue weighted by Crippen LogP contribution is -2.31. The Morgan fingerprint density at radius 1 is 0.514 bits per heavy atom. The number of ether oxygens (including phenoxy) is 2. The molecule has 4 aromatic carbocycles. The van der Waals surface area contributed by atoms with Crippen LogP contribution in [-0.4, -0.2) is 36.6 Å². The number of benzene rings is 4.